The maximum Gasteiger partial charge on any atom is 0.282 e. The van der Waals surface area contributed by atoms with Gasteiger partial charge in [-0.1, -0.05) is 53.5 Å². The predicted molar refractivity (Wildman–Crippen MR) is 144 cm³/mol. The number of ether oxygens (including phenoxy) is 2. The molecule has 0 N–H and O–H groups in total. The van der Waals surface area contributed by atoms with E-state index in [0.717, 1.165) is 10.9 Å². The topological polar surface area (TPSA) is 65.7 Å². The first-order chi connectivity index (χ1) is 17.3. The highest BCUT2D eigenvalue weighted by atomic mass is 79.9. The van der Waals surface area contributed by atoms with Crippen LogP contribution >= 0.6 is 27.5 Å². The van der Waals surface area contributed by atoms with Crippen LogP contribution in [0, 0.1) is 5.82 Å². The van der Waals surface area contributed by atoms with Crippen LogP contribution in [0.3, 0.4) is 0 Å². The minimum Gasteiger partial charge on any atom is -0.493 e. The molecule has 9 heteroatoms. The third-order valence-corrected chi connectivity index (χ3v) is 6.51. The molecule has 0 amide bonds. The van der Waals surface area contributed by atoms with Crippen LogP contribution < -0.4 is 15.0 Å². The van der Waals surface area contributed by atoms with E-state index in [4.69, 9.17) is 26.1 Å². The fraction of sp³-hybridized carbons (Fsp3) is 0.222. The van der Waals surface area contributed by atoms with Gasteiger partial charge in [-0.2, -0.15) is 9.78 Å². The first-order valence-electron chi connectivity index (χ1n) is 11.3. The van der Waals surface area contributed by atoms with Gasteiger partial charge in [0.05, 0.1) is 29.2 Å². The fourth-order valence-corrected chi connectivity index (χ4v) is 4.27. The smallest absolute Gasteiger partial charge is 0.282 e. The van der Waals surface area contributed by atoms with E-state index in [1.54, 1.807) is 30.3 Å². The first kappa shape index (κ1) is 25.9. The first-order valence-corrected chi connectivity index (χ1v) is 12.5. The van der Waals surface area contributed by atoms with E-state index in [0.29, 0.717) is 44.4 Å². The highest BCUT2D eigenvalue weighted by Crippen LogP contribution is 2.36. The number of nitrogens with zero attached hydrogens (tertiary/aromatic N) is 3. The Bertz CT molecular complexity index is 1510. The summed E-state index contributed by atoms with van der Waals surface area (Å²) in [6.07, 6.45) is 2.32. The van der Waals surface area contributed by atoms with Crippen LogP contribution in [0.15, 0.2) is 69.0 Å². The van der Waals surface area contributed by atoms with Crippen molar-refractivity contribution in [3.8, 4) is 11.5 Å². The SMILES string of the molecule is CC[C@H](C)c1nc2ccc(Br)cc2c(=O)n1N=Cc1cc(Cl)c(OCc2cccc(F)c2)c(OC)c1. The minimum atomic E-state index is -0.344. The van der Waals surface area contributed by atoms with Gasteiger partial charge >= 0.3 is 0 Å². The molecule has 0 bridgehead atoms. The average molecular weight is 573 g/mol. The summed E-state index contributed by atoms with van der Waals surface area (Å²) >= 11 is 9.91. The van der Waals surface area contributed by atoms with Gasteiger partial charge < -0.3 is 9.47 Å². The van der Waals surface area contributed by atoms with E-state index >= 15 is 0 Å². The summed E-state index contributed by atoms with van der Waals surface area (Å²) in [6.45, 7) is 4.15. The number of halogens is 3. The molecular formula is C27H24BrClFN3O3. The molecular weight excluding hydrogens is 549 g/mol. The largest absolute Gasteiger partial charge is 0.493 e. The molecule has 0 radical (unpaired) electrons. The number of aromatic nitrogens is 2. The van der Waals surface area contributed by atoms with E-state index in [-0.39, 0.29) is 23.9 Å². The molecule has 1 heterocycles. The number of fused-ring (bicyclic) bond motifs is 1. The van der Waals surface area contributed by atoms with Crippen molar-refractivity contribution in [2.24, 2.45) is 5.10 Å². The van der Waals surface area contributed by atoms with Gasteiger partial charge in [-0.25, -0.2) is 9.37 Å². The van der Waals surface area contributed by atoms with Gasteiger partial charge in [0.1, 0.15) is 18.2 Å². The number of hydrogen-bond acceptors (Lipinski definition) is 5. The lowest BCUT2D eigenvalue weighted by molar-refractivity contribution is 0.284. The van der Waals surface area contributed by atoms with Crippen molar-refractivity contribution in [3.63, 3.8) is 0 Å². The average Bonchev–Trinajstić information content (AvgIpc) is 2.87. The Labute approximate surface area is 221 Å². The normalized spacial score (nSPS) is 12.3. The van der Waals surface area contributed by atoms with Crippen molar-refractivity contribution in [2.45, 2.75) is 32.8 Å². The van der Waals surface area contributed by atoms with Gasteiger partial charge in [0, 0.05) is 10.4 Å². The second-order valence-electron chi connectivity index (χ2n) is 8.26. The number of hydrogen-bond donors (Lipinski definition) is 0. The van der Waals surface area contributed by atoms with E-state index in [1.807, 2.05) is 26.0 Å². The van der Waals surface area contributed by atoms with E-state index in [9.17, 15) is 9.18 Å². The quantitative estimate of drug-likeness (QED) is 0.215. The number of rotatable bonds is 8. The van der Waals surface area contributed by atoms with Crippen LogP contribution in [0.25, 0.3) is 10.9 Å². The predicted octanol–water partition coefficient (Wildman–Crippen LogP) is 6.93. The van der Waals surface area contributed by atoms with Crippen molar-refractivity contribution in [3.05, 3.63) is 97.2 Å². The van der Waals surface area contributed by atoms with Gasteiger partial charge in [0.25, 0.3) is 5.56 Å². The van der Waals surface area contributed by atoms with Crippen molar-refractivity contribution in [2.75, 3.05) is 7.11 Å². The molecule has 36 heavy (non-hydrogen) atoms. The molecule has 0 saturated carbocycles. The fourth-order valence-electron chi connectivity index (χ4n) is 3.64. The molecule has 0 fully saturated rings. The molecule has 0 spiro atoms. The lowest BCUT2D eigenvalue weighted by Gasteiger charge is -2.15. The maximum absolute atomic E-state index is 13.5. The molecule has 186 valence electrons. The second kappa shape index (κ2) is 11.2. The van der Waals surface area contributed by atoms with E-state index in [1.165, 1.54) is 30.1 Å². The highest BCUT2D eigenvalue weighted by Gasteiger charge is 2.16. The Morgan fingerprint density at radius 2 is 2.03 bits per heavy atom. The lowest BCUT2D eigenvalue weighted by Crippen LogP contribution is -2.23. The molecule has 1 aromatic heterocycles. The summed E-state index contributed by atoms with van der Waals surface area (Å²) in [4.78, 5) is 18.0. The summed E-state index contributed by atoms with van der Waals surface area (Å²) in [6, 6.07) is 14.9. The maximum atomic E-state index is 13.5. The molecule has 0 aliphatic carbocycles. The van der Waals surface area contributed by atoms with Gasteiger partial charge in [-0.3, -0.25) is 4.79 Å². The number of benzene rings is 3. The molecule has 0 unspecified atom stereocenters. The zero-order valence-corrected chi connectivity index (χ0v) is 22.3. The number of methoxy groups -OCH3 is 1. The second-order valence-corrected chi connectivity index (χ2v) is 9.58. The summed E-state index contributed by atoms with van der Waals surface area (Å²) < 4.78 is 26.9. The van der Waals surface area contributed by atoms with Crippen molar-refractivity contribution in [1.29, 1.82) is 0 Å². The van der Waals surface area contributed by atoms with Crippen LogP contribution in [0.1, 0.15) is 43.1 Å². The van der Waals surface area contributed by atoms with Crippen LogP contribution in [-0.2, 0) is 6.61 Å². The molecule has 3 aromatic carbocycles. The summed E-state index contributed by atoms with van der Waals surface area (Å²) in [5.74, 6) is 0.954. The monoisotopic (exact) mass is 571 g/mol. The summed E-state index contributed by atoms with van der Waals surface area (Å²) in [5, 5.41) is 5.24. The van der Waals surface area contributed by atoms with Crippen LogP contribution in [0.4, 0.5) is 4.39 Å². The molecule has 4 rings (SSSR count). The van der Waals surface area contributed by atoms with Crippen LogP contribution in [0.5, 0.6) is 11.5 Å². The Morgan fingerprint density at radius 1 is 1.22 bits per heavy atom. The van der Waals surface area contributed by atoms with Gasteiger partial charge in [-0.15, -0.1) is 0 Å². The Hall–Kier alpha value is -3.23. The van der Waals surface area contributed by atoms with Crippen molar-refractivity contribution in [1.82, 2.24) is 9.66 Å². The van der Waals surface area contributed by atoms with Crippen molar-refractivity contribution >= 4 is 44.6 Å². The van der Waals surface area contributed by atoms with Gasteiger partial charge in [0.15, 0.2) is 11.5 Å². The molecule has 0 aliphatic heterocycles. The Kier molecular flexibility index (Phi) is 8.06. The van der Waals surface area contributed by atoms with E-state index in [2.05, 4.69) is 21.0 Å². The summed E-state index contributed by atoms with van der Waals surface area (Å²) in [5.41, 5.74) is 1.62. The van der Waals surface area contributed by atoms with E-state index < -0.39 is 0 Å². The van der Waals surface area contributed by atoms with Gasteiger partial charge in [0.2, 0.25) is 0 Å². The molecule has 1 atom stereocenters. The lowest BCUT2D eigenvalue weighted by atomic mass is 10.1. The summed E-state index contributed by atoms with van der Waals surface area (Å²) in [7, 11) is 1.50. The molecule has 6 nitrogen and oxygen atoms in total. The molecule has 4 aromatic rings. The molecule has 0 saturated heterocycles. The standard InChI is InChI=1S/C27H24BrClFN3O3/c1-4-16(2)26-32-23-9-8-19(28)13-21(23)27(34)33(26)31-14-18-11-22(29)25(24(12-18)35-3)36-15-17-6-5-7-20(30)10-17/h5-14,16H,4,15H2,1-3H3/t16-/m0/s1. The Balaban J connectivity index is 1.70. The zero-order chi connectivity index (χ0) is 25.8. The minimum absolute atomic E-state index is 0.0135. The zero-order valence-electron chi connectivity index (χ0n) is 20.0. The highest BCUT2D eigenvalue weighted by molar-refractivity contribution is 9.10. The third kappa shape index (κ3) is 5.60. The van der Waals surface area contributed by atoms with Gasteiger partial charge in [-0.05, 0) is 60.0 Å². The van der Waals surface area contributed by atoms with Crippen LogP contribution in [0.2, 0.25) is 5.02 Å². The van der Waals surface area contributed by atoms with Crippen LogP contribution in [-0.4, -0.2) is 23.0 Å². The Morgan fingerprint density at radius 3 is 2.75 bits per heavy atom. The third-order valence-electron chi connectivity index (χ3n) is 5.73. The molecule has 0 aliphatic rings. The van der Waals surface area contributed by atoms with Crippen molar-refractivity contribution < 1.29 is 13.9 Å².